The first-order valence-corrected chi connectivity index (χ1v) is 3.52. The summed E-state index contributed by atoms with van der Waals surface area (Å²) in [4.78, 5) is 10.9. The zero-order valence-corrected chi connectivity index (χ0v) is 5.76. The Hall–Kier alpha value is -0.370. The lowest BCUT2D eigenvalue weighted by molar-refractivity contribution is -0.120. The quantitative estimate of drug-likeness (QED) is 0.602. The van der Waals surface area contributed by atoms with Gasteiger partial charge in [0.15, 0.2) is 0 Å². The van der Waals surface area contributed by atoms with Gasteiger partial charge in [-0.15, -0.1) is 0 Å². The minimum absolute atomic E-state index is 0.333. The summed E-state index contributed by atoms with van der Waals surface area (Å²) in [6.07, 6.45) is 1.73. The lowest BCUT2D eigenvalue weighted by Crippen LogP contribution is -2.07. The van der Waals surface area contributed by atoms with Crippen LogP contribution in [0.4, 0.5) is 0 Å². The van der Waals surface area contributed by atoms with Gasteiger partial charge in [-0.1, -0.05) is 6.92 Å². The van der Waals surface area contributed by atoms with E-state index < -0.39 is 0 Å². The molecule has 0 aliphatic heterocycles. The lowest BCUT2D eigenvalue weighted by Gasteiger charge is -1.90. The van der Waals surface area contributed by atoms with Gasteiger partial charge in [0, 0.05) is 12.3 Å². The summed E-state index contributed by atoms with van der Waals surface area (Å²) >= 11 is 0. The Labute approximate surface area is 55.4 Å². The van der Waals surface area contributed by atoms with E-state index in [0.717, 1.165) is 6.42 Å². The normalized spacial score (nSPS) is 32.2. The molecule has 0 spiro atoms. The molecule has 0 saturated heterocycles. The van der Waals surface area contributed by atoms with Crippen molar-refractivity contribution in [2.75, 3.05) is 6.54 Å². The summed E-state index contributed by atoms with van der Waals surface area (Å²) < 4.78 is 0. The van der Waals surface area contributed by atoms with Gasteiger partial charge in [-0.3, -0.25) is 4.79 Å². The molecule has 2 N–H and O–H groups in total. The Morgan fingerprint density at radius 1 is 1.78 bits per heavy atom. The molecule has 2 nitrogen and oxygen atoms in total. The standard InChI is InChI=1S/C7H13NO/c1-2-7(9)6-3-5(6)4-8/h5-6H,2-4,8H2,1H3/t5-,6-/m1/s1. The van der Waals surface area contributed by atoms with E-state index >= 15 is 0 Å². The molecule has 9 heavy (non-hydrogen) atoms. The lowest BCUT2D eigenvalue weighted by atomic mass is 10.2. The van der Waals surface area contributed by atoms with Crippen molar-refractivity contribution in [3.8, 4) is 0 Å². The average molecular weight is 127 g/mol. The molecule has 1 saturated carbocycles. The second kappa shape index (κ2) is 2.48. The first-order chi connectivity index (χ1) is 4.29. The molecule has 1 aliphatic rings. The van der Waals surface area contributed by atoms with Gasteiger partial charge in [-0.2, -0.15) is 0 Å². The highest BCUT2D eigenvalue weighted by atomic mass is 16.1. The van der Waals surface area contributed by atoms with E-state index in [2.05, 4.69) is 0 Å². The maximum atomic E-state index is 10.9. The van der Waals surface area contributed by atoms with E-state index in [9.17, 15) is 4.79 Å². The fourth-order valence-corrected chi connectivity index (χ4v) is 1.16. The number of Topliss-reactive ketones (excluding diaryl/α,β-unsaturated/α-hetero) is 1. The summed E-state index contributed by atoms with van der Waals surface area (Å²) in [5, 5.41) is 0. The van der Waals surface area contributed by atoms with Gasteiger partial charge in [0.05, 0.1) is 0 Å². The van der Waals surface area contributed by atoms with Crippen LogP contribution in [0.5, 0.6) is 0 Å². The third kappa shape index (κ3) is 1.30. The van der Waals surface area contributed by atoms with Crippen LogP contribution >= 0.6 is 0 Å². The van der Waals surface area contributed by atoms with Gasteiger partial charge in [0.25, 0.3) is 0 Å². The van der Waals surface area contributed by atoms with Crippen molar-refractivity contribution < 1.29 is 4.79 Å². The van der Waals surface area contributed by atoms with Crippen LogP contribution < -0.4 is 5.73 Å². The van der Waals surface area contributed by atoms with Gasteiger partial charge < -0.3 is 5.73 Å². The third-order valence-corrected chi connectivity index (χ3v) is 1.99. The molecule has 1 aliphatic carbocycles. The first kappa shape index (κ1) is 6.75. The third-order valence-electron chi connectivity index (χ3n) is 1.99. The number of hydrogen-bond donors (Lipinski definition) is 1. The fraction of sp³-hybridized carbons (Fsp3) is 0.857. The van der Waals surface area contributed by atoms with E-state index in [0.29, 0.717) is 30.6 Å². The molecule has 0 unspecified atom stereocenters. The molecule has 0 aromatic heterocycles. The van der Waals surface area contributed by atoms with Crippen molar-refractivity contribution >= 4 is 5.78 Å². The number of carbonyl (C=O) groups is 1. The van der Waals surface area contributed by atoms with Crippen LogP contribution in [-0.2, 0) is 4.79 Å². The Balaban J connectivity index is 2.25. The largest absolute Gasteiger partial charge is 0.330 e. The van der Waals surface area contributed by atoms with Crippen LogP contribution in [0.2, 0.25) is 0 Å². The Kier molecular flexibility index (Phi) is 1.86. The zero-order chi connectivity index (χ0) is 6.85. The summed E-state index contributed by atoms with van der Waals surface area (Å²) in [5.41, 5.74) is 5.36. The van der Waals surface area contributed by atoms with E-state index in [1.807, 2.05) is 6.92 Å². The number of ketones is 1. The second-order valence-corrected chi connectivity index (χ2v) is 2.66. The average Bonchev–Trinajstić information content (AvgIpc) is 2.64. The van der Waals surface area contributed by atoms with Gasteiger partial charge >= 0.3 is 0 Å². The molecule has 0 bridgehead atoms. The van der Waals surface area contributed by atoms with Crippen LogP contribution in [0.15, 0.2) is 0 Å². The Morgan fingerprint density at radius 3 is 2.78 bits per heavy atom. The topological polar surface area (TPSA) is 43.1 Å². The van der Waals surface area contributed by atoms with Gasteiger partial charge in [0.2, 0.25) is 0 Å². The second-order valence-electron chi connectivity index (χ2n) is 2.66. The van der Waals surface area contributed by atoms with Crippen molar-refractivity contribution in [1.82, 2.24) is 0 Å². The van der Waals surface area contributed by atoms with Crippen molar-refractivity contribution in [3.05, 3.63) is 0 Å². The summed E-state index contributed by atoms with van der Waals surface area (Å²) in [6.45, 7) is 2.60. The SMILES string of the molecule is CCC(=O)[C@@H]1C[C@@H]1CN. The van der Waals surface area contributed by atoms with E-state index in [4.69, 9.17) is 5.73 Å². The van der Waals surface area contributed by atoms with E-state index in [-0.39, 0.29) is 0 Å². The number of rotatable bonds is 3. The minimum Gasteiger partial charge on any atom is -0.330 e. The molecular weight excluding hydrogens is 114 g/mol. The molecule has 0 heterocycles. The van der Waals surface area contributed by atoms with Gasteiger partial charge in [0.1, 0.15) is 5.78 Å². The minimum atomic E-state index is 0.333. The molecular formula is C7H13NO. The number of hydrogen-bond acceptors (Lipinski definition) is 2. The predicted molar refractivity (Wildman–Crippen MR) is 35.9 cm³/mol. The molecule has 2 atom stereocenters. The monoisotopic (exact) mass is 127 g/mol. The van der Waals surface area contributed by atoms with Crippen LogP contribution in [0.25, 0.3) is 0 Å². The summed E-state index contributed by atoms with van der Waals surface area (Å²) in [7, 11) is 0. The maximum Gasteiger partial charge on any atom is 0.136 e. The van der Waals surface area contributed by atoms with Crippen molar-refractivity contribution in [2.24, 2.45) is 17.6 Å². The Morgan fingerprint density at radius 2 is 2.44 bits per heavy atom. The van der Waals surface area contributed by atoms with E-state index in [1.165, 1.54) is 0 Å². The molecule has 0 amide bonds. The molecule has 2 heteroatoms. The van der Waals surface area contributed by atoms with E-state index in [1.54, 1.807) is 0 Å². The summed E-state index contributed by atoms with van der Waals surface area (Å²) in [6, 6.07) is 0. The zero-order valence-electron chi connectivity index (χ0n) is 5.76. The van der Waals surface area contributed by atoms with Crippen molar-refractivity contribution in [2.45, 2.75) is 19.8 Å². The molecule has 0 aromatic rings. The predicted octanol–water partition coefficient (Wildman–Crippen LogP) is 0.560. The van der Waals surface area contributed by atoms with Gasteiger partial charge in [-0.05, 0) is 18.9 Å². The van der Waals surface area contributed by atoms with Crippen LogP contribution in [0.1, 0.15) is 19.8 Å². The molecule has 52 valence electrons. The van der Waals surface area contributed by atoms with Crippen molar-refractivity contribution in [3.63, 3.8) is 0 Å². The van der Waals surface area contributed by atoms with Crippen LogP contribution in [0.3, 0.4) is 0 Å². The highest BCUT2D eigenvalue weighted by molar-refractivity contribution is 5.83. The van der Waals surface area contributed by atoms with Crippen molar-refractivity contribution in [1.29, 1.82) is 0 Å². The highest BCUT2D eigenvalue weighted by Crippen LogP contribution is 2.38. The van der Waals surface area contributed by atoms with Gasteiger partial charge in [-0.25, -0.2) is 0 Å². The smallest absolute Gasteiger partial charge is 0.136 e. The fourth-order valence-electron chi connectivity index (χ4n) is 1.16. The maximum absolute atomic E-state index is 10.9. The molecule has 1 rings (SSSR count). The summed E-state index contributed by atoms with van der Waals surface area (Å²) in [5.74, 6) is 1.25. The molecule has 1 fully saturated rings. The van der Waals surface area contributed by atoms with Crippen LogP contribution in [-0.4, -0.2) is 12.3 Å². The number of carbonyl (C=O) groups excluding carboxylic acids is 1. The molecule has 0 radical (unpaired) electrons. The molecule has 0 aromatic carbocycles. The highest BCUT2D eigenvalue weighted by Gasteiger charge is 2.40. The Bertz CT molecular complexity index is 122. The number of nitrogens with two attached hydrogens (primary N) is 1. The first-order valence-electron chi connectivity index (χ1n) is 3.52. The van der Waals surface area contributed by atoms with Crippen LogP contribution in [0, 0.1) is 11.8 Å².